The topological polar surface area (TPSA) is 24.9 Å². The first-order valence-corrected chi connectivity index (χ1v) is 4.87. The number of hydrogen-bond donors (Lipinski definition) is 1. The number of hydrogen-bond acceptors (Lipinski definition) is 2. The number of benzene rings is 1. The molecule has 0 saturated carbocycles. The smallest absolute Gasteiger partial charge is 0.0722 e. The van der Waals surface area contributed by atoms with Crippen LogP contribution in [0.25, 0.3) is 10.9 Å². The third kappa shape index (κ3) is 1.84. The van der Waals surface area contributed by atoms with Gasteiger partial charge in [-0.05, 0) is 32.0 Å². The van der Waals surface area contributed by atoms with Crippen LogP contribution in [0.3, 0.4) is 0 Å². The second-order valence-corrected chi connectivity index (χ2v) is 3.71. The summed E-state index contributed by atoms with van der Waals surface area (Å²) in [5.41, 5.74) is 2.17. The molecular formula is C12H14N2. The molecule has 1 aromatic heterocycles. The van der Waals surface area contributed by atoms with Gasteiger partial charge in [-0.15, -0.1) is 0 Å². The van der Waals surface area contributed by atoms with Crippen LogP contribution in [0.2, 0.25) is 0 Å². The molecule has 14 heavy (non-hydrogen) atoms. The lowest BCUT2D eigenvalue weighted by Crippen LogP contribution is -2.09. The van der Waals surface area contributed by atoms with Gasteiger partial charge in [-0.2, -0.15) is 0 Å². The summed E-state index contributed by atoms with van der Waals surface area (Å²) in [5.74, 6) is 0. The minimum Gasteiger partial charge on any atom is -0.383 e. The fourth-order valence-electron chi connectivity index (χ4n) is 1.49. The molecule has 2 nitrogen and oxygen atoms in total. The Kier molecular flexibility index (Phi) is 2.35. The van der Waals surface area contributed by atoms with Crippen molar-refractivity contribution < 1.29 is 0 Å². The lowest BCUT2D eigenvalue weighted by Gasteiger charge is -2.09. The van der Waals surface area contributed by atoms with Crippen molar-refractivity contribution in [2.24, 2.45) is 0 Å². The van der Waals surface area contributed by atoms with Gasteiger partial charge in [0.15, 0.2) is 0 Å². The van der Waals surface area contributed by atoms with Crippen molar-refractivity contribution in [2.75, 3.05) is 5.32 Å². The predicted octanol–water partition coefficient (Wildman–Crippen LogP) is 3.06. The average Bonchev–Trinajstić information content (AvgIpc) is 2.17. The molecule has 0 aliphatic heterocycles. The first-order valence-electron chi connectivity index (χ1n) is 4.87. The highest BCUT2D eigenvalue weighted by Gasteiger charge is 1.97. The monoisotopic (exact) mass is 186 g/mol. The lowest BCUT2D eigenvalue weighted by atomic mass is 10.2. The van der Waals surface area contributed by atoms with Gasteiger partial charge in [0.05, 0.1) is 5.52 Å². The highest BCUT2D eigenvalue weighted by atomic mass is 14.9. The van der Waals surface area contributed by atoms with E-state index in [0.717, 1.165) is 11.2 Å². The lowest BCUT2D eigenvalue weighted by molar-refractivity contribution is 0.900. The summed E-state index contributed by atoms with van der Waals surface area (Å²) in [6.07, 6.45) is 1.82. The Hall–Kier alpha value is -1.57. The molecule has 1 N–H and O–H groups in total. The number of anilines is 1. The molecule has 2 rings (SSSR count). The van der Waals surface area contributed by atoms with E-state index in [4.69, 9.17) is 0 Å². The Balaban J connectivity index is 2.41. The maximum absolute atomic E-state index is 4.31. The van der Waals surface area contributed by atoms with Gasteiger partial charge < -0.3 is 5.32 Å². The van der Waals surface area contributed by atoms with Crippen molar-refractivity contribution in [1.82, 2.24) is 4.98 Å². The number of rotatable bonds is 2. The van der Waals surface area contributed by atoms with E-state index >= 15 is 0 Å². The molecule has 1 aromatic carbocycles. The Bertz CT molecular complexity index is 435. The minimum atomic E-state index is 0.455. The van der Waals surface area contributed by atoms with Gasteiger partial charge in [-0.25, -0.2) is 0 Å². The number of aromatic nitrogens is 1. The molecule has 0 radical (unpaired) electrons. The van der Waals surface area contributed by atoms with E-state index in [1.807, 2.05) is 12.3 Å². The SMILES string of the molecule is CC(C)Nc1ccc2cccnc2c1. The molecule has 0 aliphatic carbocycles. The first-order chi connectivity index (χ1) is 6.75. The van der Waals surface area contributed by atoms with Crippen LogP contribution in [0.5, 0.6) is 0 Å². The predicted molar refractivity (Wildman–Crippen MR) is 60.5 cm³/mol. The first kappa shape index (κ1) is 9.00. The van der Waals surface area contributed by atoms with E-state index < -0.39 is 0 Å². The Morgan fingerprint density at radius 1 is 1.21 bits per heavy atom. The van der Waals surface area contributed by atoms with E-state index in [-0.39, 0.29) is 0 Å². The number of fused-ring (bicyclic) bond motifs is 1. The molecule has 0 atom stereocenters. The summed E-state index contributed by atoms with van der Waals surface area (Å²) in [5, 5.41) is 4.54. The molecule has 2 aromatic rings. The molecule has 2 heteroatoms. The average molecular weight is 186 g/mol. The van der Waals surface area contributed by atoms with Gasteiger partial charge in [0.2, 0.25) is 0 Å². The molecule has 0 bridgehead atoms. The van der Waals surface area contributed by atoms with Gasteiger partial charge in [-0.1, -0.05) is 12.1 Å². The van der Waals surface area contributed by atoms with Gasteiger partial charge >= 0.3 is 0 Å². The normalized spacial score (nSPS) is 10.8. The van der Waals surface area contributed by atoms with Gasteiger partial charge in [0.25, 0.3) is 0 Å². The molecule has 1 heterocycles. The molecule has 0 spiro atoms. The van der Waals surface area contributed by atoms with Crippen molar-refractivity contribution in [3.63, 3.8) is 0 Å². The van der Waals surface area contributed by atoms with Crippen LogP contribution in [0, 0.1) is 0 Å². The van der Waals surface area contributed by atoms with Crippen molar-refractivity contribution in [2.45, 2.75) is 19.9 Å². The van der Waals surface area contributed by atoms with Crippen molar-refractivity contribution >= 4 is 16.6 Å². The van der Waals surface area contributed by atoms with Gasteiger partial charge in [-0.3, -0.25) is 4.98 Å². The summed E-state index contributed by atoms with van der Waals surface area (Å²) in [4.78, 5) is 4.31. The maximum atomic E-state index is 4.31. The summed E-state index contributed by atoms with van der Waals surface area (Å²) in [6.45, 7) is 4.26. The molecule has 0 saturated heterocycles. The van der Waals surface area contributed by atoms with E-state index in [0.29, 0.717) is 6.04 Å². The quantitative estimate of drug-likeness (QED) is 0.779. The fraction of sp³-hybridized carbons (Fsp3) is 0.250. The zero-order valence-electron chi connectivity index (χ0n) is 8.49. The Morgan fingerprint density at radius 3 is 2.86 bits per heavy atom. The molecule has 0 unspecified atom stereocenters. The summed E-state index contributed by atoms with van der Waals surface area (Å²) < 4.78 is 0. The van der Waals surface area contributed by atoms with Crippen LogP contribution in [-0.2, 0) is 0 Å². The van der Waals surface area contributed by atoms with E-state index in [9.17, 15) is 0 Å². The van der Waals surface area contributed by atoms with Crippen LogP contribution >= 0.6 is 0 Å². The largest absolute Gasteiger partial charge is 0.383 e. The summed E-state index contributed by atoms with van der Waals surface area (Å²) in [7, 11) is 0. The van der Waals surface area contributed by atoms with Crippen molar-refractivity contribution in [3.8, 4) is 0 Å². The van der Waals surface area contributed by atoms with Crippen LogP contribution in [0.15, 0.2) is 36.5 Å². The second kappa shape index (κ2) is 3.66. The number of nitrogens with zero attached hydrogens (tertiary/aromatic N) is 1. The molecule has 72 valence electrons. The Labute approximate surface area is 84.0 Å². The third-order valence-corrected chi connectivity index (χ3v) is 2.06. The summed E-state index contributed by atoms with van der Waals surface area (Å²) in [6, 6.07) is 10.7. The molecule has 0 amide bonds. The number of pyridine rings is 1. The van der Waals surface area contributed by atoms with E-state index in [1.54, 1.807) is 0 Å². The fourth-order valence-corrected chi connectivity index (χ4v) is 1.49. The van der Waals surface area contributed by atoms with Crippen LogP contribution < -0.4 is 5.32 Å². The third-order valence-electron chi connectivity index (χ3n) is 2.06. The van der Waals surface area contributed by atoms with Gasteiger partial charge in [0, 0.05) is 23.3 Å². The zero-order chi connectivity index (χ0) is 9.97. The van der Waals surface area contributed by atoms with Crippen LogP contribution in [-0.4, -0.2) is 11.0 Å². The van der Waals surface area contributed by atoms with Crippen LogP contribution in [0.1, 0.15) is 13.8 Å². The van der Waals surface area contributed by atoms with Crippen molar-refractivity contribution in [3.05, 3.63) is 36.5 Å². The van der Waals surface area contributed by atoms with Crippen molar-refractivity contribution in [1.29, 1.82) is 0 Å². The molecule has 0 fully saturated rings. The maximum Gasteiger partial charge on any atom is 0.0722 e. The second-order valence-electron chi connectivity index (χ2n) is 3.71. The van der Waals surface area contributed by atoms with E-state index in [1.165, 1.54) is 5.39 Å². The minimum absolute atomic E-state index is 0.455. The molecule has 0 aliphatic rings. The highest BCUT2D eigenvalue weighted by Crippen LogP contribution is 2.17. The van der Waals surface area contributed by atoms with Gasteiger partial charge in [0.1, 0.15) is 0 Å². The van der Waals surface area contributed by atoms with Crippen LogP contribution in [0.4, 0.5) is 5.69 Å². The Morgan fingerprint density at radius 2 is 2.07 bits per heavy atom. The highest BCUT2D eigenvalue weighted by molar-refractivity contribution is 5.81. The summed E-state index contributed by atoms with van der Waals surface area (Å²) >= 11 is 0. The molecular weight excluding hydrogens is 172 g/mol. The number of nitrogens with one attached hydrogen (secondary N) is 1. The standard InChI is InChI=1S/C12H14N2/c1-9(2)14-11-6-5-10-4-3-7-13-12(10)8-11/h3-9,14H,1-2H3. The zero-order valence-corrected chi connectivity index (χ0v) is 8.49. The van der Waals surface area contributed by atoms with E-state index in [2.05, 4.69) is 48.4 Å².